The molecule has 0 aliphatic rings. The molecule has 0 saturated carbocycles. The molecule has 0 aromatic heterocycles. The van der Waals surface area contributed by atoms with Gasteiger partial charge >= 0.3 is 11.0 Å². The molecule has 1 unspecified atom stereocenters. The Morgan fingerprint density at radius 2 is 0.943 bits per heavy atom. The van der Waals surface area contributed by atoms with E-state index < -0.39 is 48.3 Å². The quantitative estimate of drug-likeness (QED) is 0.289. The third-order valence-corrected chi connectivity index (χ3v) is 14.0. The fourth-order valence-corrected chi connectivity index (χ4v) is 12.2. The second-order valence-electron chi connectivity index (χ2n) is 7.27. The van der Waals surface area contributed by atoms with Gasteiger partial charge in [0.25, 0.3) is 9.84 Å². The Balaban J connectivity index is 2.56. The second-order valence-corrected chi connectivity index (χ2v) is 15.0. The highest BCUT2D eigenvalue weighted by Gasteiger charge is 2.60. The summed E-state index contributed by atoms with van der Waals surface area (Å²) in [5.74, 6) is 0. The molecule has 1 N–H and O–H groups in total. The van der Waals surface area contributed by atoms with Crippen molar-refractivity contribution in [3.63, 3.8) is 0 Å². The van der Waals surface area contributed by atoms with Gasteiger partial charge in [0.15, 0.2) is 14.0 Å². The first-order valence-electron chi connectivity index (χ1n) is 9.71. The summed E-state index contributed by atoms with van der Waals surface area (Å²) in [6.07, 6.45) is -1.48. The Labute approximate surface area is 198 Å². The van der Waals surface area contributed by atoms with Crippen LogP contribution in [0.4, 0.5) is 26.3 Å². The molecule has 0 aliphatic heterocycles. The number of halogens is 6. The van der Waals surface area contributed by atoms with E-state index in [9.17, 15) is 43.5 Å². The monoisotopic (exact) mass is 555 g/mol. The number of alkyl halides is 6. The molecule has 0 bridgehead atoms. The molecule has 188 valence electrons. The van der Waals surface area contributed by atoms with Gasteiger partial charge in [-0.15, -0.1) is 0 Å². The molecule has 3 aromatic rings. The highest BCUT2D eigenvalue weighted by Crippen LogP contribution is 2.56. The third kappa shape index (κ3) is 4.97. The molecule has 0 heterocycles. The summed E-state index contributed by atoms with van der Waals surface area (Å²) in [5.41, 5.74) is -12.4. The largest absolute Gasteiger partial charge is 0.502 e. The van der Waals surface area contributed by atoms with Crippen LogP contribution in [-0.4, -0.2) is 38.6 Å². The molecule has 1 atom stereocenters. The molecule has 0 amide bonds. The molecule has 3 rings (SSSR count). The standard InChI is InChI=1S/C22H17F6O4PS2/c23-21(24,25)34(29,30)20(35(31,32)22(26,27)28)16-33(17-10-4-1-5-11-17,18-12-6-2-7-13-18)19-14-8-3-9-15-19/h1-15H,16H2/p+1. The second kappa shape index (κ2) is 9.57. The third-order valence-electron chi connectivity index (χ3n) is 5.18. The van der Waals surface area contributed by atoms with E-state index in [-0.39, 0.29) is 15.9 Å². The number of hydrogen-bond acceptors (Lipinski definition) is 3. The number of benzene rings is 3. The summed E-state index contributed by atoms with van der Waals surface area (Å²) >= 11 is 0. The lowest BCUT2D eigenvalue weighted by molar-refractivity contribution is -0.0458. The molecule has 0 radical (unpaired) electrons. The lowest BCUT2D eigenvalue weighted by Crippen LogP contribution is -2.45. The first-order valence-corrected chi connectivity index (χ1v) is 14.7. The summed E-state index contributed by atoms with van der Waals surface area (Å²) < 4.78 is 126. The van der Waals surface area contributed by atoms with Crippen LogP contribution in [0.15, 0.2) is 91.0 Å². The van der Waals surface area contributed by atoms with E-state index in [1.54, 1.807) is 18.2 Å². The molecule has 0 aliphatic carbocycles. The van der Waals surface area contributed by atoms with Gasteiger partial charge in [-0.1, -0.05) is 54.6 Å². The molecule has 3 aromatic carbocycles. The highest BCUT2D eigenvalue weighted by atomic mass is 32.3. The summed E-state index contributed by atoms with van der Waals surface area (Å²) in [6.45, 7) is 0. The van der Waals surface area contributed by atoms with Crippen LogP contribution in [0.1, 0.15) is 0 Å². The van der Waals surface area contributed by atoms with E-state index in [0.29, 0.717) is 0 Å². The van der Waals surface area contributed by atoms with Gasteiger partial charge in [-0.3, -0.25) is 0 Å². The predicted molar refractivity (Wildman–Crippen MR) is 127 cm³/mol. The van der Waals surface area contributed by atoms with E-state index in [0.717, 1.165) is 0 Å². The molecule has 0 saturated heterocycles. The lowest BCUT2D eigenvalue weighted by atomic mass is 10.4. The van der Waals surface area contributed by atoms with Crippen LogP contribution in [0.5, 0.6) is 0 Å². The van der Waals surface area contributed by atoms with Gasteiger partial charge in [0.2, 0.25) is 0 Å². The van der Waals surface area contributed by atoms with Crippen LogP contribution in [-0.2, 0) is 19.6 Å². The van der Waals surface area contributed by atoms with Crippen LogP contribution in [0.25, 0.3) is 0 Å². The SMILES string of the molecule is O=S(=O)(C(C[P+](c1ccccc1)(c1ccccc1)c1ccccc1)=S(=O)(O)C(F)(F)F)C(F)(F)F. The lowest BCUT2D eigenvalue weighted by Gasteiger charge is -2.29. The zero-order chi connectivity index (χ0) is 26.1. The maximum Gasteiger partial charge on any atom is 0.502 e. The predicted octanol–water partition coefficient (Wildman–Crippen LogP) is 4.32. The topological polar surface area (TPSA) is 71.4 Å². The summed E-state index contributed by atoms with van der Waals surface area (Å²) in [6, 6.07) is 22.3. The van der Waals surface area contributed by atoms with Crippen molar-refractivity contribution < 1.29 is 43.5 Å². The minimum Gasteiger partial charge on any atom is -0.306 e. The Kier molecular flexibility index (Phi) is 7.44. The molecular formula is C22H18F6O4PS2+. The van der Waals surface area contributed by atoms with Crippen molar-refractivity contribution in [1.82, 2.24) is 0 Å². The maximum absolute atomic E-state index is 13.6. The minimum absolute atomic E-state index is 0.227. The summed E-state index contributed by atoms with van der Waals surface area (Å²) in [5, 5.41) is 0.680. The van der Waals surface area contributed by atoms with Crippen molar-refractivity contribution >= 4 is 47.0 Å². The highest BCUT2D eigenvalue weighted by molar-refractivity contribution is 8.23. The van der Waals surface area contributed by atoms with Crippen LogP contribution >= 0.6 is 7.26 Å². The van der Waals surface area contributed by atoms with Crippen LogP contribution in [0.3, 0.4) is 0 Å². The zero-order valence-corrected chi connectivity index (χ0v) is 20.1. The Hall–Kier alpha value is -2.40. The van der Waals surface area contributed by atoms with E-state index in [4.69, 9.17) is 0 Å². The van der Waals surface area contributed by atoms with E-state index >= 15 is 0 Å². The van der Waals surface area contributed by atoms with Crippen molar-refractivity contribution in [1.29, 1.82) is 0 Å². The molecule has 0 spiro atoms. The van der Waals surface area contributed by atoms with Gasteiger partial charge in [-0.05, 0) is 36.4 Å². The van der Waals surface area contributed by atoms with Gasteiger partial charge in [-0.25, -0.2) is 12.6 Å². The van der Waals surface area contributed by atoms with Crippen molar-refractivity contribution in [3.05, 3.63) is 91.0 Å². The van der Waals surface area contributed by atoms with E-state index in [2.05, 4.69) is 0 Å². The fourth-order valence-electron chi connectivity index (χ4n) is 3.54. The van der Waals surface area contributed by atoms with Gasteiger partial charge in [-0.2, -0.15) is 26.3 Å². The van der Waals surface area contributed by atoms with Gasteiger partial charge in [0.05, 0.1) is 0 Å². The Morgan fingerprint density at radius 3 is 1.20 bits per heavy atom. The van der Waals surface area contributed by atoms with Crippen LogP contribution in [0.2, 0.25) is 0 Å². The molecule has 35 heavy (non-hydrogen) atoms. The van der Waals surface area contributed by atoms with E-state index in [1.165, 1.54) is 72.8 Å². The normalized spacial score (nSPS) is 14.8. The number of rotatable bonds is 5. The minimum atomic E-state index is -6.84. The van der Waals surface area contributed by atoms with Gasteiger partial charge < -0.3 is 4.55 Å². The van der Waals surface area contributed by atoms with Gasteiger partial charge in [0, 0.05) is 0 Å². The van der Waals surface area contributed by atoms with Crippen molar-refractivity contribution in [2.75, 3.05) is 6.16 Å². The van der Waals surface area contributed by atoms with Crippen molar-refractivity contribution in [3.8, 4) is 0 Å². The summed E-state index contributed by atoms with van der Waals surface area (Å²) in [7, 11) is -17.2. The maximum atomic E-state index is 13.6. The summed E-state index contributed by atoms with van der Waals surface area (Å²) in [4.78, 5) is 0. The molecule has 0 fully saturated rings. The molecule has 4 nitrogen and oxygen atoms in total. The zero-order valence-electron chi connectivity index (χ0n) is 17.6. The number of hydrogen-bond donors (Lipinski definition) is 1. The van der Waals surface area contributed by atoms with E-state index in [1.807, 2.05) is 0 Å². The Morgan fingerprint density at radius 1 is 0.629 bits per heavy atom. The Bertz CT molecular complexity index is 1300. The van der Waals surface area contributed by atoms with Gasteiger partial charge in [0.1, 0.15) is 29.3 Å². The molecular weight excluding hydrogens is 537 g/mol. The van der Waals surface area contributed by atoms with Crippen LogP contribution in [0, 0.1) is 0 Å². The average molecular weight is 555 g/mol. The smallest absolute Gasteiger partial charge is 0.306 e. The molecule has 13 heteroatoms. The van der Waals surface area contributed by atoms with Crippen molar-refractivity contribution in [2.24, 2.45) is 0 Å². The first-order chi connectivity index (χ1) is 16.2. The van der Waals surface area contributed by atoms with Crippen LogP contribution < -0.4 is 15.9 Å². The number of sulfone groups is 1. The first kappa shape index (κ1) is 27.2. The van der Waals surface area contributed by atoms with Crippen molar-refractivity contribution in [2.45, 2.75) is 11.0 Å². The average Bonchev–Trinajstić information content (AvgIpc) is 2.80. The fraction of sp³-hybridized carbons (Fsp3) is 0.136.